The predicted octanol–water partition coefficient (Wildman–Crippen LogP) is 0.620. The number of ketones is 2. The third kappa shape index (κ3) is 2.01. The van der Waals surface area contributed by atoms with E-state index in [4.69, 9.17) is 0 Å². The molecule has 4 rings (SSSR count). The Bertz CT molecular complexity index is 807. The number of alkyl halides is 1. The van der Waals surface area contributed by atoms with Gasteiger partial charge in [-0.25, -0.2) is 4.39 Å². The third-order valence-electron chi connectivity index (χ3n) is 8.43. The minimum absolute atomic E-state index is 0.0135. The molecular weight excluding hydrogens is 367 g/mol. The fraction of sp³-hybridized carbons (Fsp3) is 0.714. The van der Waals surface area contributed by atoms with Gasteiger partial charge in [-0.2, -0.15) is 0 Å². The van der Waals surface area contributed by atoms with Crippen molar-refractivity contribution >= 4 is 11.6 Å². The van der Waals surface area contributed by atoms with Crippen LogP contribution in [0.5, 0.6) is 0 Å². The summed E-state index contributed by atoms with van der Waals surface area (Å²) in [5, 5.41) is 42.1. The van der Waals surface area contributed by atoms with Gasteiger partial charge in [0.15, 0.2) is 22.8 Å². The lowest BCUT2D eigenvalue weighted by molar-refractivity contribution is -0.222. The summed E-state index contributed by atoms with van der Waals surface area (Å²) in [6.07, 6.45) is 1.93. The van der Waals surface area contributed by atoms with Crippen molar-refractivity contribution in [2.45, 2.75) is 63.0 Å². The highest BCUT2D eigenvalue weighted by molar-refractivity contribution is 6.01. The molecule has 0 aromatic carbocycles. The molecule has 0 aromatic heterocycles. The van der Waals surface area contributed by atoms with E-state index in [0.717, 1.165) is 0 Å². The van der Waals surface area contributed by atoms with Crippen LogP contribution in [-0.4, -0.2) is 62.1 Å². The van der Waals surface area contributed by atoms with Crippen molar-refractivity contribution in [2.24, 2.45) is 22.7 Å². The Morgan fingerprint density at radius 2 is 1.93 bits per heavy atom. The van der Waals surface area contributed by atoms with E-state index >= 15 is 4.39 Å². The van der Waals surface area contributed by atoms with E-state index in [1.165, 1.54) is 18.2 Å². The number of fused-ring (bicyclic) bond motifs is 5. The van der Waals surface area contributed by atoms with Gasteiger partial charge in [-0.1, -0.05) is 18.6 Å². The van der Waals surface area contributed by atoms with Gasteiger partial charge >= 0.3 is 0 Å². The summed E-state index contributed by atoms with van der Waals surface area (Å²) in [5.74, 6) is -2.38. The van der Waals surface area contributed by atoms with Gasteiger partial charge in [0, 0.05) is 16.7 Å². The van der Waals surface area contributed by atoms with Crippen LogP contribution in [0.1, 0.15) is 39.5 Å². The highest BCUT2D eigenvalue weighted by atomic mass is 19.1. The summed E-state index contributed by atoms with van der Waals surface area (Å²) in [6, 6.07) is 0. The molecule has 4 N–H and O–H groups in total. The number of rotatable bonds is 2. The summed E-state index contributed by atoms with van der Waals surface area (Å²) in [4.78, 5) is 24.2. The van der Waals surface area contributed by atoms with Gasteiger partial charge < -0.3 is 20.4 Å². The lowest BCUT2D eigenvalue weighted by Crippen LogP contribution is -2.69. The predicted molar refractivity (Wildman–Crippen MR) is 96.8 cm³/mol. The van der Waals surface area contributed by atoms with Crippen molar-refractivity contribution in [3.63, 3.8) is 0 Å². The van der Waals surface area contributed by atoms with Crippen LogP contribution in [0.3, 0.4) is 0 Å². The molecular formula is C21H27FO6. The summed E-state index contributed by atoms with van der Waals surface area (Å²) in [5.41, 5.74) is -6.12. The van der Waals surface area contributed by atoms with Crippen LogP contribution in [0.4, 0.5) is 4.39 Å². The highest BCUT2D eigenvalue weighted by Gasteiger charge is 2.76. The minimum atomic E-state index is -2.23. The fourth-order valence-corrected chi connectivity index (χ4v) is 6.85. The van der Waals surface area contributed by atoms with Gasteiger partial charge in [-0.05, 0) is 50.7 Å². The second kappa shape index (κ2) is 5.81. The smallest absolute Gasteiger partial charge is 0.192 e. The van der Waals surface area contributed by atoms with E-state index in [2.05, 4.69) is 0 Å². The molecule has 3 fully saturated rings. The zero-order chi connectivity index (χ0) is 20.7. The molecule has 28 heavy (non-hydrogen) atoms. The van der Waals surface area contributed by atoms with Gasteiger partial charge in [0.05, 0.1) is 12.2 Å². The van der Waals surface area contributed by atoms with Crippen molar-refractivity contribution in [3.8, 4) is 0 Å². The summed E-state index contributed by atoms with van der Waals surface area (Å²) in [6.45, 7) is 2.33. The molecule has 6 nitrogen and oxygen atoms in total. The Balaban J connectivity index is 1.84. The molecule has 3 saturated carbocycles. The minimum Gasteiger partial charge on any atom is -0.390 e. The second-order valence-electron chi connectivity index (χ2n) is 9.36. The summed E-state index contributed by atoms with van der Waals surface area (Å²) < 4.78 is 16.8. The van der Waals surface area contributed by atoms with Crippen LogP contribution < -0.4 is 0 Å². The van der Waals surface area contributed by atoms with Crippen molar-refractivity contribution in [1.29, 1.82) is 0 Å². The molecule has 8 atom stereocenters. The SMILES string of the molecule is C[C@]12C=CC(=O)C=C1CC[C@@H]1[C@@H]3C[C@@H](O)[C@](O)(C(=O)CO)[C@]3(C)C[C@H](O)[C@@]12F. The Hall–Kier alpha value is -1.41. The quantitative estimate of drug-likeness (QED) is 0.546. The molecule has 154 valence electrons. The maximum atomic E-state index is 16.8. The number of hydrogen-bond donors (Lipinski definition) is 4. The second-order valence-corrected chi connectivity index (χ2v) is 9.36. The number of aliphatic hydroxyl groups excluding tert-OH is 3. The molecule has 4 aliphatic rings. The van der Waals surface area contributed by atoms with Gasteiger partial charge in [-0.15, -0.1) is 0 Å². The average Bonchev–Trinajstić information content (AvgIpc) is 2.84. The number of carbonyl (C=O) groups excluding carboxylic acids is 2. The number of allylic oxidation sites excluding steroid dienone is 4. The lowest BCUT2D eigenvalue weighted by Gasteiger charge is -2.62. The van der Waals surface area contributed by atoms with E-state index in [-0.39, 0.29) is 18.6 Å². The molecule has 4 aliphatic carbocycles. The Morgan fingerprint density at radius 1 is 1.25 bits per heavy atom. The van der Waals surface area contributed by atoms with Crippen molar-refractivity contribution in [1.82, 2.24) is 0 Å². The number of Topliss-reactive ketones (excluding diaryl/α,β-unsaturated/α-hetero) is 1. The maximum absolute atomic E-state index is 16.8. The first-order valence-corrected chi connectivity index (χ1v) is 9.82. The highest BCUT2D eigenvalue weighted by Crippen LogP contribution is 2.69. The van der Waals surface area contributed by atoms with Gasteiger partial charge in [0.1, 0.15) is 6.61 Å². The van der Waals surface area contributed by atoms with Crippen molar-refractivity contribution in [3.05, 3.63) is 23.8 Å². The van der Waals surface area contributed by atoms with Crippen LogP contribution in [0.15, 0.2) is 23.8 Å². The molecule has 7 heteroatoms. The molecule has 0 spiro atoms. The van der Waals surface area contributed by atoms with Crippen LogP contribution in [0.2, 0.25) is 0 Å². The zero-order valence-corrected chi connectivity index (χ0v) is 16.1. The van der Waals surface area contributed by atoms with Gasteiger partial charge in [0.25, 0.3) is 0 Å². The molecule has 0 radical (unpaired) electrons. The standard InChI is InChI=1S/C21H27FO6/c1-18-6-5-12(24)7-11(18)3-4-13-14-8-15(25)21(28,17(27)10-23)19(14,2)9-16(26)20(13,18)22/h5-7,13-16,23,25-26,28H,3-4,8-10H2,1-2H3/t13-,14+,15-,16+,18+,19-,20+,21+/m1/s1. The topological polar surface area (TPSA) is 115 Å². The van der Waals surface area contributed by atoms with Crippen LogP contribution in [0.25, 0.3) is 0 Å². The Labute approximate surface area is 162 Å². The Morgan fingerprint density at radius 3 is 2.57 bits per heavy atom. The third-order valence-corrected chi connectivity index (χ3v) is 8.43. The Kier molecular flexibility index (Phi) is 4.13. The first kappa shape index (κ1) is 19.9. The van der Waals surface area contributed by atoms with E-state index < -0.39 is 58.5 Å². The number of carbonyl (C=O) groups is 2. The average molecular weight is 394 g/mol. The van der Waals surface area contributed by atoms with Crippen LogP contribution >= 0.6 is 0 Å². The maximum Gasteiger partial charge on any atom is 0.192 e. The monoisotopic (exact) mass is 394 g/mol. The zero-order valence-electron chi connectivity index (χ0n) is 16.1. The molecule has 0 amide bonds. The van der Waals surface area contributed by atoms with Gasteiger partial charge in [0.2, 0.25) is 0 Å². The van der Waals surface area contributed by atoms with Crippen molar-refractivity contribution in [2.75, 3.05) is 6.61 Å². The molecule has 0 heterocycles. The van der Waals surface area contributed by atoms with Crippen molar-refractivity contribution < 1.29 is 34.4 Å². The van der Waals surface area contributed by atoms with Crippen LogP contribution in [0, 0.1) is 22.7 Å². The molecule has 0 aromatic rings. The fourth-order valence-electron chi connectivity index (χ4n) is 6.85. The summed E-state index contributed by atoms with van der Waals surface area (Å²) >= 11 is 0. The number of aliphatic hydroxyl groups is 4. The van der Waals surface area contributed by atoms with E-state index in [0.29, 0.717) is 18.4 Å². The largest absolute Gasteiger partial charge is 0.390 e. The number of halogens is 1. The number of hydrogen-bond acceptors (Lipinski definition) is 6. The lowest BCUT2D eigenvalue weighted by atomic mass is 9.44. The molecule has 0 bridgehead atoms. The van der Waals surface area contributed by atoms with E-state index in [1.807, 2.05) is 0 Å². The van der Waals surface area contributed by atoms with E-state index in [1.54, 1.807) is 13.8 Å². The van der Waals surface area contributed by atoms with Crippen LogP contribution in [-0.2, 0) is 9.59 Å². The van der Waals surface area contributed by atoms with E-state index in [9.17, 15) is 30.0 Å². The molecule has 0 unspecified atom stereocenters. The molecule has 0 saturated heterocycles. The molecule has 0 aliphatic heterocycles. The first-order valence-electron chi connectivity index (χ1n) is 9.82. The summed E-state index contributed by atoms with van der Waals surface area (Å²) in [7, 11) is 0. The van der Waals surface area contributed by atoms with Gasteiger partial charge in [-0.3, -0.25) is 9.59 Å². The first-order chi connectivity index (χ1) is 13.0. The normalized spacial score (nSPS) is 52.5.